The van der Waals surface area contributed by atoms with Crippen molar-refractivity contribution in [3.8, 4) is 0 Å². The van der Waals surface area contributed by atoms with Crippen LogP contribution in [0.2, 0.25) is 0 Å². The first-order chi connectivity index (χ1) is 7.28. The molecule has 0 aromatic carbocycles. The van der Waals surface area contributed by atoms with Crippen LogP contribution in [-0.4, -0.2) is 18.9 Å². The molecule has 1 fully saturated rings. The summed E-state index contributed by atoms with van der Waals surface area (Å²) in [5.74, 6) is 0.252. The zero-order valence-electron chi connectivity index (χ0n) is 9.13. The van der Waals surface area contributed by atoms with Crippen LogP contribution in [0.1, 0.15) is 38.5 Å². The van der Waals surface area contributed by atoms with Crippen LogP contribution < -0.4 is 5.73 Å². The van der Waals surface area contributed by atoms with Crippen molar-refractivity contribution >= 4 is 5.78 Å². The molecule has 0 unspecified atom stereocenters. The Morgan fingerprint density at radius 2 is 2.13 bits per heavy atom. The fourth-order valence-corrected chi connectivity index (χ4v) is 2.65. The molecule has 0 amide bonds. The van der Waals surface area contributed by atoms with E-state index in [1.807, 2.05) is 0 Å². The number of hydrogen-bond donors (Lipinski definition) is 1. The molecule has 1 heterocycles. The van der Waals surface area contributed by atoms with Crippen LogP contribution in [0.3, 0.4) is 0 Å². The SMILES string of the molecule is NCC1(C(=O)C2=COCCC2)CCCC1. The molecule has 2 rings (SSSR count). The lowest BCUT2D eigenvalue weighted by Crippen LogP contribution is -2.37. The summed E-state index contributed by atoms with van der Waals surface area (Å²) >= 11 is 0. The van der Waals surface area contributed by atoms with Crippen LogP contribution in [0, 0.1) is 5.41 Å². The van der Waals surface area contributed by atoms with E-state index in [0.717, 1.165) is 50.7 Å². The number of nitrogens with two attached hydrogens (primary N) is 1. The predicted octanol–water partition coefficient (Wildman–Crippen LogP) is 1.77. The summed E-state index contributed by atoms with van der Waals surface area (Å²) in [5, 5.41) is 0. The highest BCUT2D eigenvalue weighted by molar-refractivity contribution is 6.00. The molecule has 3 nitrogen and oxygen atoms in total. The lowest BCUT2D eigenvalue weighted by Gasteiger charge is -2.27. The van der Waals surface area contributed by atoms with Crippen LogP contribution >= 0.6 is 0 Å². The zero-order valence-corrected chi connectivity index (χ0v) is 9.13. The van der Waals surface area contributed by atoms with Crippen LogP contribution in [0.5, 0.6) is 0 Å². The van der Waals surface area contributed by atoms with Gasteiger partial charge in [-0.1, -0.05) is 12.8 Å². The number of ether oxygens (including phenoxy) is 1. The first-order valence-electron chi connectivity index (χ1n) is 5.84. The molecule has 0 radical (unpaired) electrons. The third-order valence-electron chi connectivity index (χ3n) is 3.66. The van der Waals surface area contributed by atoms with Gasteiger partial charge in [-0.15, -0.1) is 0 Å². The third-order valence-corrected chi connectivity index (χ3v) is 3.66. The predicted molar refractivity (Wildman–Crippen MR) is 58.2 cm³/mol. The minimum absolute atomic E-state index is 0.252. The first-order valence-corrected chi connectivity index (χ1v) is 5.84. The monoisotopic (exact) mass is 209 g/mol. The van der Waals surface area contributed by atoms with Gasteiger partial charge in [-0.2, -0.15) is 0 Å². The van der Waals surface area contributed by atoms with E-state index >= 15 is 0 Å². The van der Waals surface area contributed by atoms with Crippen molar-refractivity contribution < 1.29 is 9.53 Å². The van der Waals surface area contributed by atoms with E-state index < -0.39 is 0 Å². The van der Waals surface area contributed by atoms with Crippen LogP contribution in [0.15, 0.2) is 11.8 Å². The van der Waals surface area contributed by atoms with Gasteiger partial charge in [0, 0.05) is 17.5 Å². The number of Topliss-reactive ketones (excluding diaryl/α,β-unsaturated/α-hetero) is 1. The maximum absolute atomic E-state index is 12.3. The highest BCUT2D eigenvalue weighted by Crippen LogP contribution is 2.40. The Morgan fingerprint density at radius 3 is 2.67 bits per heavy atom. The van der Waals surface area contributed by atoms with E-state index in [1.165, 1.54) is 0 Å². The number of carbonyl (C=O) groups excluding carboxylic acids is 1. The molecule has 0 atom stereocenters. The summed E-state index contributed by atoms with van der Waals surface area (Å²) in [6.45, 7) is 1.23. The number of carbonyl (C=O) groups is 1. The Morgan fingerprint density at radius 1 is 1.40 bits per heavy atom. The van der Waals surface area contributed by atoms with E-state index in [-0.39, 0.29) is 11.2 Å². The summed E-state index contributed by atoms with van der Waals surface area (Å²) in [6, 6.07) is 0. The van der Waals surface area contributed by atoms with Crippen LogP contribution in [-0.2, 0) is 9.53 Å². The molecule has 3 heteroatoms. The fourth-order valence-electron chi connectivity index (χ4n) is 2.65. The van der Waals surface area contributed by atoms with Crippen molar-refractivity contribution in [1.82, 2.24) is 0 Å². The van der Waals surface area contributed by atoms with Gasteiger partial charge in [-0.3, -0.25) is 4.79 Å². The number of ketones is 1. The quantitative estimate of drug-likeness (QED) is 0.770. The fraction of sp³-hybridized carbons (Fsp3) is 0.750. The summed E-state index contributed by atoms with van der Waals surface area (Å²) in [7, 11) is 0. The summed E-state index contributed by atoms with van der Waals surface area (Å²) < 4.78 is 5.23. The third kappa shape index (κ3) is 1.93. The molecular weight excluding hydrogens is 190 g/mol. The van der Waals surface area contributed by atoms with Crippen molar-refractivity contribution in [1.29, 1.82) is 0 Å². The lowest BCUT2D eigenvalue weighted by molar-refractivity contribution is -0.124. The molecule has 15 heavy (non-hydrogen) atoms. The van der Waals surface area contributed by atoms with Crippen molar-refractivity contribution in [2.24, 2.45) is 11.1 Å². The largest absolute Gasteiger partial charge is 0.501 e. The van der Waals surface area contributed by atoms with Gasteiger partial charge in [0.15, 0.2) is 5.78 Å². The minimum atomic E-state index is -0.257. The maximum Gasteiger partial charge on any atom is 0.169 e. The second kappa shape index (κ2) is 4.35. The summed E-state index contributed by atoms with van der Waals surface area (Å²) in [4.78, 5) is 12.3. The zero-order chi connectivity index (χ0) is 10.7. The first kappa shape index (κ1) is 10.7. The van der Waals surface area contributed by atoms with E-state index in [1.54, 1.807) is 6.26 Å². The highest BCUT2D eigenvalue weighted by atomic mass is 16.5. The Kier molecular flexibility index (Phi) is 3.10. The van der Waals surface area contributed by atoms with Gasteiger partial charge in [0.05, 0.1) is 12.9 Å². The van der Waals surface area contributed by atoms with Gasteiger partial charge in [0.2, 0.25) is 0 Å². The molecule has 2 N–H and O–H groups in total. The van der Waals surface area contributed by atoms with Gasteiger partial charge < -0.3 is 10.5 Å². The van der Waals surface area contributed by atoms with E-state index in [4.69, 9.17) is 10.5 Å². The van der Waals surface area contributed by atoms with Gasteiger partial charge in [-0.05, 0) is 25.7 Å². The Bertz CT molecular complexity index is 277. The average molecular weight is 209 g/mol. The van der Waals surface area contributed by atoms with E-state index in [0.29, 0.717) is 6.54 Å². The molecule has 0 saturated heterocycles. The average Bonchev–Trinajstić information content (AvgIpc) is 2.79. The Balaban J connectivity index is 2.14. The molecule has 0 bridgehead atoms. The Hall–Kier alpha value is -0.830. The minimum Gasteiger partial charge on any atom is -0.501 e. The van der Waals surface area contributed by atoms with Crippen molar-refractivity contribution in [2.75, 3.05) is 13.2 Å². The van der Waals surface area contributed by atoms with Crippen molar-refractivity contribution in [3.63, 3.8) is 0 Å². The highest BCUT2D eigenvalue weighted by Gasteiger charge is 2.41. The molecular formula is C12H19NO2. The number of rotatable bonds is 3. The van der Waals surface area contributed by atoms with E-state index in [2.05, 4.69) is 0 Å². The topological polar surface area (TPSA) is 52.3 Å². The normalized spacial score (nSPS) is 24.5. The molecule has 0 spiro atoms. The van der Waals surface area contributed by atoms with Gasteiger partial charge in [0.1, 0.15) is 0 Å². The smallest absolute Gasteiger partial charge is 0.169 e. The maximum atomic E-state index is 12.3. The second-order valence-electron chi connectivity index (χ2n) is 4.64. The van der Waals surface area contributed by atoms with Crippen LogP contribution in [0.25, 0.3) is 0 Å². The summed E-state index contributed by atoms with van der Waals surface area (Å²) in [6.07, 6.45) is 7.66. The van der Waals surface area contributed by atoms with Gasteiger partial charge in [-0.25, -0.2) is 0 Å². The van der Waals surface area contributed by atoms with Crippen molar-refractivity contribution in [3.05, 3.63) is 11.8 Å². The standard InChI is InChI=1S/C12H19NO2/c13-9-12(5-1-2-6-12)11(14)10-4-3-7-15-8-10/h8H,1-7,9,13H2. The molecule has 2 aliphatic rings. The van der Waals surface area contributed by atoms with Gasteiger partial charge >= 0.3 is 0 Å². The van der Waals surface area contributed by atoms with Gasteiger partial charge in [0.25, 0.3) is 0 Å². The molecule has 0 aromatic heterocycles. The molecule has 1 saturated carbocycles. The second-order valence-corrected chi connectivity index (χ2v) is 4.64. The molecule has 1 aliphatic heterocycles. The van der Waals surface area contributed by atoms with E-state index in [9.17, 15) is 4.79 Å². The number of allylic oxidation sites excluding steroid dienone is 1. The van der Waals surface area contributed by atoms with Crippen LogP contribution in [0.4, 0.5) is 0 Å². The molecule has 84 valence electrons. The Labute approximate surface area is 90.7 Å². The summed E-state index contributed by atoms with van der Waals surface area (Å²) in [5.41, 5.74) is 6.39. The van der Waals surface area contributed by atoms with Crippen molar-refractivity contribution in [2.45, 2.75) is 38.5 Å². The number of hydrogen-bond acceptors (Lipinski definition) is 3. The molecule has 1 aliphatic carbocycles. The lowest BCUT2D eigenvalue weighted by atomic mass is 9.78. The molecule has 0 aromatic rings.